The van der Waals surface area contributed by atoms with Crippen molar-refractivity contribution in [3.05, 3.63) is 29.1 Å². The minimum absolute atomic E-state index is 0.190. The van der Waals surface area contributed by atoms with Gasteiger partial charge in [0.1, 0.15) is 5.60 Å². The normalized spacial score (nSPS) is 25.7. The molecule has 1 spiro atoms. The first-order valence-electron chi connectivity index (χ1n) is 14.0. The number of ether oxygens (including phenoxy) is 3. The zero-order valence-corrected chi connectivity index (χ0v) is 24.0. The predicted octanol–water partition coefficient (Wildman–Crippen LogP) is 6.36. The lowest BCUT2D eigenvalue weighted by Gasteiger charge is -2.36. The van der Waals surface area contributed by atoms with Crippen LogP contribution < -0.4 is 5.32 Å². The molecule has 7 nitrogen and oxygen atoms in total. The van der Waals surface area contributed by atoms with Crippen LogP contribution in [0.2, 0.25) is 0 Å². The van der Waals surface area contributed by atoms with Crippen molar-refractivity contribution in [2.45, 2.75) is 136 Å². The van der Waals surface area contributed by atoms with Crippen molar-refractivity contribution in [3.8, 4) is 0 Å². The lowest BCUT2D eigenvalue weighted by atomic mass is 9.75. The zero-order valence-electron chi connectivity index (χ0n) is 24.0. The van der Waals surface area contributed by atoms with Gasteiger partial charge in [0.25, 0.3) is 0 Å². The van der Waals surface area contributed by atoms with Gasteiger partial charge in [0.15, 0.2) is 5.60 Å². The topological polar surface area (TPSA) is 86.8 Å². The summed E-state index contributed by atoms with van der Waals surface area (Å²) in [6.45, 7) is 15.2. The molecule has 0 bridgehead atoms. The van der Waals surface area contributed by atoms with E-state index in [4.69, 9.17) is 19.2 Å². The average Bonchev–Trinajstić information content (AvgIpc) is 3.45. The van der Waals surface area contributed by atoms with Gasteiger partial charge in [-0.1, -0.05) is 13.8 Å². The van der Waals surface area contributed by atoms with Gasteiger partial charge in [-0.15, -0.1) is 0 Å². The first kappa shape index (κ1) is 27.9. The van der Waals surface area contributed by atoms with E-state index in [0.29, 0.717) is 17.8 Å². The summed E-state index contributed by atoms with van der Waals surface area (Å²) in [7, 11) is 0. The molecule has 7 heteroatoms. The Morgan fingerprint density at radius 2 is 1.84 bits per heavy atom. The van der Waals surface area contributed by atoms with Gasteiger partial charge in [-0.05, 0) is 107 Å². The van der Waals surface area contributed by atoms with Crippen LogP contribution in [-0.2, 0) is 25.4 Å². The summed E-state index contributed by atoms with van der Waals surface area (Å²) in [6.07, 6.45) is 9.88. The molecule has 1 N–H and O–H groups in total. The van der Waals surface area contributed by atoms with Gasteiger partial charge in [0.2, 0.25) is 5.79 Å². The van der Waals surface area contributed by atoms with E-state index in [1.165, 1.54) is 49.7 Å². The molecule has 37 heavy (non-hydrogen) atoms. The van der Waals surface area contributed by atoms with Gasteiger partial charge < -0.3 is 19.5 Å². The predicted molar refractivity (Wildman–Crippen MR) is 142 cm³/mol. The van der Waals surface area contributed by atoms with Crippen LogP contribution in [0.5, 0.6) is 0 Å². The number of nitrogens with zero attached hydrogens (tertiary/aromatic N) is 1. The van der Waals surface area contributed by atoms with E-state index in [0.717, 1.165) is 5.69 Å². The van der Waals surface area contributed by atoms with Gasteiger partial charge in [0.05, 0.1) is 6.04 Å². The zero-order chi connectivity index (χ0) is 27.2. The molecule has 206 valence electrons. The highest BCUT2D eigenvalue weighted by molar-refractivity contribution is 5.84. The molecule has 2 saturated carbocycles. The maximum Gasteiger partial charge on any atom is 0.407 e. The monoisotopic (exact) mass is 514 g/mol. The molecule has 1 saturated heterocycles. The number of aromatic nitrogens is 1. The van der Waals surface area contributed by atoms with E-state index in [1.807, 2.05) is 27.0 Å². The molecule has 2 heterocycles. The van der Waals surface area contributed by atoms with E-state index in [9.17, 15) is 9.59 Å². The van der Waals surface area contributed by atoms with E-state index in [2.05, 4.69) is 32.2 Å². The molecule has 1 aromatic heterocycles. The minimum atomic E-state index is -1.41. The highest BCUT2D eigenvalue weighted by atomic mass is 16.8. The molecule has 4 rings (SSSR count). The maximum absolute atomic E-state index is 13.6. The average molecular weight is 515 g/mol. The molecule has 3 fully saturated rings. The summed E-state index contributed by atoms with van der Waals surface area (Å²) >= 11 is 0. The first-order chi connectivity index (χ1) is 17.1. The third-order valence-corrected chi connectivity index (χ3v) is 8.16. The molecular weight excluding hydrogens is 468 g/mol. The summed E-state index contributed by atoms with van der Waals surface area (Å²) in [4.78, 5) is 31.2. The second-order valence-corrected chi connectivity index (χ2v) is 13.6. The SMILES string of the molecule is Cc1cnc(C[C@]2([C@H](CC(C)C)NC(=O)OC(C)(C)C)OC(C)(C)OC2=O)cc1C1CCC2(CC1)CC2. The van der Waals surface area contributed by atoms with Gasteiger partial charge >= 0.3 is 12.1 Å². The fourth-order valence-corrected chi connectivity index (χ4v) is 6.15. The van der Waals surface area contributed by atoms with Crippen molar-refractivity contribution in [2.24, 2.45) is 11.3 Å². The fraction of sp³-hybridized carbons (Fsp3) is 0.767. The molecular formula is C30H46N2O5. The summed E-state index contributed by atoms with van der Waals surface area (Å²) in [5, 5.41) is 2.97. The standard InChI is InChI=1S/C30H46N2O5/c1-19(2)15-24(32-26(34)36-27(4,5)6)30(25(33)35-28(7,8)37-30)17-22-16-23(20(3)18-31-22)21-9-11-29(12-10-21)13-14-29/h16,18-19,21,24H,9-15,17H2,1-8H3,(H,32,34)/t24-,30+/m0/s1. The fourth-order valence-electron chi connectivity index (χ4n) is 6.15. The van der Waals surface area contributed by atoms with Crippen molar-refractivity contribution >= 4 is 12.1 Å². The second-order valence-electron chi connectivity index (χ2n) is 13.6. The Kier molecular flexibility index (Phi) is 7.43. The van der Waals surface area contributed by atoms with Crippen LogP contribution in [0.25, 0.3) is 0 Å². The van der Waals surface area contributed by atoms with Crippen molar-refractivity contribution in [2.75, 3.05) is 0 Å². The Morgan fingerprint density at radius 1 is 1.19 bits per heavy atom. The van der Waals surface area contributed by atoms with Crippen LogP contribution >= 0.6 is 0 Å². The lowest BCUT2D eigenvalue weighted by Crippen LogP contribution is -2.59. The Bertz CT molecular complexity index is 1010. The second kappa shape index (κ2) is 9.87. The van der Waals surface area contributed by atoms with E-state index >= 15 is 0 Å². The third-order valence-electron chi connectivity index (χ3n) is 8.16. The van der Waals surface area contributed by atoms with Crippen molar-refractivity contribution in [1.82, 2.24) is 10.3 Å². The van der Waals surface area contributed by atoms with Gasteiger partial charge in [-0.25, -0.2) is 9.59 Å². The number of alkyl carbamates (subject to hydrolysis) is 1. The lowest BCUT2D eigenvalue weighted by molar-refractivity contribution is -0.170. The quantitative estimate of drug-likeness (QED) is 0.426. The number of nitrogens with one attached hydrogen (secondary N) is 1. The number of carbonyl (C=O) groups excluding carboxylic acids is 2. The Labute approximate surface area is 222 Å². The molecule has 1 aromatic rings. The number of cyclic esters (lactones) is 1. The van der Waals surface area contributed by atoms with Crippen LogP contribution in [0.3, 0.4) is 0 Å². The van der Waals surface area contributed by atoms with Crippen LogP contribution in [0.1, 0.15) is 116 Å². The van der Waals surface area contributed by atoms with E-state index in [1.54, 1.807) is 13.8 Å². The molecule has 2 aliphatic carbocycles. The minimum Gasteiger partial charge on any atom is -0.444 e. The number of rotatable bonds is 7. The van der Waals surface area contributed by atoms with Crippen molar-refractivity contribution in [3.63, 3.8) is 0 Å². The summed E-state index contributed by atoms with van der Waals surface area (Å²) in [6, 6.07) is 1.52. The molecule has 1 aliphatic heterocycles. The van der Waals surface area contributed by atoms with Crippen LogP contribution in [0, 0.1) is 18.3 Å². The Balaban J connectivity index is 1.64. The largest absolute Gasteiger partial charge is 0.444 e. The third kappa shape index (κ3) is 6.47. The summed E-state index contributed by atoms with van der Waals surface area (Å²) < 4.78 is 17.7. The summed E-state index contributed by atoms with van der Waals surface area (Å²) in [5.74, 6) is -0.882. The smallest absolute Gasteiger partial charge is 0.407 e. The molecule has 2 atom stereocenters. The number of hydrogen-bond acceptors (Lipinski definition) is 6. The number of hydrogen-bond donors (Lipinski definition) is 1. The molecule has 1 amide bonds. The van der Waals surface area contributed by atoms with E-state index in [-0.39, 0.29) is 12.3 Å². The first-order valence-corrected chi connectivity index (χ1v) is 14.0. The number of amides is 1. The number of pyridine rings is 1. The molecule has 0 aromatic carbocycles. The Hall–Kier alpha value is -2.15. The van der Waals surface area contributed by atoms with Gasteiger partial charge in [-0.2, -0.15) is 0 Å². The molecule has 0 radical (unpaired) electrons. The number of aryl methyl sites for hydroxylation is 1. The van der Waals surface area contributed by atoms with Crippen LogP contribution in [0.15, 0.2) is 12.3 Å². The van der Waals surface area contributed by atoms with Gasteiger partial charge in [0, 0.05) is 32.2 Å². The number of esters is 1. The highest BCUT2D eigenvalue weighted by Crippen LogP contribution is 2.58. The van der Waals surface area contributed by atoms with Crippen LogP contribution in [-0.4, -0.2) is 40.1 Å². The molecule has 0 unspecified atom stereocenters. The van der Waals surface area contributed by atoms with E-state index < -0.39 is 35.1 Å². The van der Waals surface area contributed by atoms with Crippen molar-refractivity contribution in [1.29, 1.82) is 0 Å². The summed E-state index contributed by atoms with van der Waals surface area (Å²) in [5.41, 5.74) is 1.85. The Morgan fingerprint density at radius 3 is 2.35 bits per heavy atom. The van der Waals surface area contributed by atoms with Crippen molar-refractivity contribution < 1.29 is 23.8 Å². The number of carbonyl (C=O) groups is 2. The molecule has 3 aliphatic rings. The van der Waals surface area contributed by atoms with Crippen LogP contribution in [0.4, 0.5) is 4.79 Å². The maximum atomic E-state index is 13.6. The van der Waals surface area contributed by atoms with Gasteiger partial charge in [-0.3, -0.25) is 4.98 Å². The highest BCUT2D eigenvalue weighted by Gasteiger charge is 2.59.